The van der Waals surface area contributed by atoms with Gasteiger partial charge in [0, 0.05) is 0 Å². The van der Waals surface area contributed by atoms with E-state index in [2.05, 4.69) is 44.2 Å². The van der Waals surface area contributed by atoms with Crippen molar-refractivity contribution in [2.75, 3.05) is 0 Å². The van der Waals surface area contributed by atoms with Gasteiger partial charge in [-0.05, 0) is 0 Å². The number of hydrogen-bond acceptors (Lipinski definition) is 1. The first-order chi connectivity index (χ1) is 8.49. The van der Waals surface area contributed by atoms with Crippen LogP contribution in [-0.4, -0.2) is 25.7 Å². The third-order valence-corrected chi connectivity index (χ3v) is 7.40. The second-order valence-corrected chi connectivity index (χ2v) is 8.73. The zero-order chi connectivity index (χ0) is 13.2. The van der Waals surface area contributed by atoms with Crippen LogP contribution >= 0.6 is 0 Å². The number of benzene rings is 1. The van der Waals surface area contributed by atoms with E-state index in [0.717, 1.165) is 18.3 Å². The molecule has 1 saturated carbocycles. The Morgan fingerprint density at radius 1 is 1.28 bits per heavy atom. The van der Waals surface area contributed by atoms with E-state index in [-0.39, 0.29) is 0 Å². The van der Waals surface area contributed by atoms with Crippen molar-refractivity contribution in [3.8, 4) is 0 Å². The Labute approximate surface area is 117 Å². The van der Waals surface area contributed by atoms with E-state index < -0.39 is 5.60 Å². The fraction of sp³-hybridized carbons (Fsp3) is 0.625. The van der Waals surface area contributed by atoms with Crippen LogP contribution in [0.25, 0.3) is 0 Å². The van der Waals surface area contributed by atoms with Crippen LogP contribution in [0.5, 0.6) is 0 Å². The molecule has 0 radical (unpaired) electrons. The zero-order valence-corrected chi connectivity index (χ0v) is 13.3. The average Bonchev–Trinajstić information content (AvgIpc) is 2.33. The second-order valence-electron chi connectivity index (χ2n) is 6.06. The fourth-order valence-electron chi connectivity index (χ4n) is 2.73. The Kier molecular flexibility index (Phi) is 4.53. The van der Waals surface area contributed by atoms with Crippen molar-refractivity contribution in [2.24, 2.45) is 11.8 Å². The summed E-state index contributed by atoms with van der Waals surface area (Å²) in [6.07, 6.45) is 3.35. The Morgan fingerprint density at radius 3 is 2.56 bits per heavy atom. The molecule has 0 aromatic heterocycles. The van der Waals surface area contributed by atoms with Crippen molar-refractivity contribution >= 4 is 19.4 Å². The Bertz CT molecular complexity index is 372. The summed E-state index contributed by atoms with van der Waals surface area (Å²) in [5, 5.41) is 10.6. The van der Waals surface area contributed by atoms with E-state index in [1.807, 2.05) is 6.92 Å². The van der Waals surface area contributed by atoms with Gasteiger partial charge >= 0.3 is 117 Å². The van der Waals surface area contributed by atoms with Gasteiger partial charge in [-0.3, -0.25) is 0 Å². The summed E-state index contributed by atoms with van der Waals surface area (Å²) in [4.78, 5) is 0.466. The second kappa shape index (κ2) is 5.77. The molecule has 1 aromatic carbocycles. The van der Waals surface area contributed by atoms with Crippen LogP contribution in [0.1, 0.15) is 40.0 Å². The third kappa shape index (κ3) is 3.38. The summed E-state index contributed by atoms with van der Waals surface area (Å²) in [6.45, 7) is 6.67. The molecule has 1 aliphatic carbocycles. The summed E-state index contributed by atoms with van der Waals surface area (Å²) in [5.74, 6) is 1.54. The first kappa shape index (κ1) is 14.1. The molecule has 0 saturated heterocycles. The van der Waals surface area contributed by atoms with E-state index in [9.17, 15) is 5.11 Å². The van der Waals surface area contributed by atoms with Crippen LogP contribution < -0.4 is 4.46 Å². The van der Waals surface area contributed by atoms with E-state index in [0.29, 0.717) is 19.8 Å². The molecule has 0 aliphatic heterocycles. The third-order valence-electron chi connectivity index (χ3n) is 4.20. The van der Waals surface area contributed by atoms with Crippen molar-refractivity contribution in [1.82, 2.24) is 0 Å². The maximum atomic E-state index is 10.6. The number of rotatable bonds is 3. The summed E-state index contributed by atoms with van der Waals surface area (Å²) >= 11 is 0.387. The molecule has 18 heavy (non-hydrogen) atoms. The topological polar surface area (TPSA) is 20.2 Å². The Balaban J connectivity index is 2.08. The maximum absolute atomic E-state index is 10.6. The van der Waals surface area contributed by atoms with Crippen molar-refractivity contribution in [3.05, 3.63) is 30.3 Å². The van der Waals surface area contributed by atoms with Crippen molar-refractivity contribution in [1.29, 1.82) is 0 Å². The molecule has 2 rings (SSSR count). The molecule has 1 aromatic rings. The van der Waals surface area contributed by atoms with Crippen LogP contribution in [0.4, 0.5) is 0 Å². The summed E-state index contributed by atoms with van der Waals surface area (Å²) in [6, 6.07) is 10.7. The fourth-order valence-corrected chi connectivity index (χ4v) is 5.58. The SMILES string of the molecule is CC(C)[C@H]1CC[C@@](C)(O)[C@H]([Se]c2ccccc2)C1. The predicted molar refractivity (Wildman–Crippen MR) is 78.4 cm³/mol. The quantitative estimate of drug-likeness (QED) is 0.851. The Morgan fingerprint density at radius 2 is 1.94 bits per heavy atom. The molecule has 1 fully saturated rings. The van der Waals surface area contributed by atoms with Gasteiger partial charge in [0.05, 0.1) is 0 Å². The predicted octanol–water partition coefficient (Wildman–Crippen LogP) is 3.01. The van der Waals surface area contributed by atoms with E-state index >= 15 is 0 Å². The monoisotopic (exact) mass is 312 g/mol. The van der Waals surface area contributed by atoms with Crippen LogP contribution in [0.2, 0.25) is 4.82 Å². The van der Waals surface area contributed by atoms with Gasteiger partial charge in [0.25, 0.3) is 0 Å². The molecule has 100 valence electrons. The molecule has 1 nitrogen and oxygen atoms in total. The molecule has 0 unspecified atom stereocenters. The van der Waals surface area contributed by atoms with Crippen LogP contribution in [0, 0.1) is 11.8 Å². The van der Waals surface area contributed by atoms with Gasteiger partial charge in [-0.1, -0.05) is 0 Å². The molecule has 0 bridgehead atoms. The van der Waals surface area contributed by atoms with Crippen LogP contribution in [0.3, 0.4) is 0 Å². The molecule has 3 atom stereocenters. The molecular weight excluding hydrogens is 287 g/mol. The summed E-state index contributed by atoms with van der Waals surface area (Å²) < 4.78 is 1.42. The van der Waals surface area contributed by atoms with E-state index in [4.69, 9.17) is 0 Å². The van der Waals surface area contributed by atoms with Crippen molar-refractivity contribution < 1.29 is 5.11 Å². The van der Waals surface area contributed by atoms with Gasteiger partial charge in [0.2, 0.25) is 0 Å². The summed E-state index contributed by atoms with van der Waals surface area (Å²) in [7, 11) is 0. The number of hydrogen-bond donors (Lipinski definition) is 1. The van der Waals surface area contributed by atoms with Gasteiger partial charge in [0.1, 0.15) is 0 Å². The minimum absolute atomic E-state index is 0.387. The Hall–Kier alpha value is -0.301. The summed E-state index contributed by atoms with van der Waals surface area (Å²) in [5.41, 5.74) is -0.457. The van der Waals surface area contributed by atoms with Crippen LogP contribution in [-0.2, 0) is 0 Å². The first-order valence-electron chi connectivity index (χ1n) is 6.93. The van der Waals surface area contributed by atoms with Gasteiger partial charge in [0.15, 0.2) is 0 Å². The number of aliphatic hydroxyl groups is 1. The van der Waals surface area contributed by atoms with Crippen molar-refractivity contribution in [2.45, 2.75) is 50.5 Å². The van der Waals surface area contributed by atoms with Gasteiger partial charge in [-0.15, -0.1) is 0 Å². The molecule has 1 N–H and O–H groups in total. The standard InChI is InChI=1S/C16H24OSe/c1-12(2)13-9-10-16(3,17)15(11-13)18-14-7-5-4-6-8-14/h4-8,12-13,15,17H,9-11H2,1-3H3/t13-,15+,16+/m0/s1. The molecule has 0 amide bonds. The molecular formula is C16H24OSe. The average molecular weight is 311 g/mol. The normalized spacial score (nSPS) is 32.7. The van der Waals surface area contributed by atoms with Gasteiger partial charge in [-0.2, -0.15) is 0 Å². The van der Waals surface area contributed by atoms with Gasteiger partial charge < -0.3 is 0 Å². The molecule has 1 aliphatic rings. The van der Waals surface area contributed by atoms with E-state index in [1.54, 1.807) is 0 Å². The van der Waals surface area contributed by atoms with Crippen molar-refractivity contribution in [3.63, 3.8) is 0 Å². The first-order valence-corrected chi connectivity index (χ1v) is 8.77. The minimum atomic E-state index is -0.457. The van der Waals surface area contributed by atoms with Crippen LogP contribution in [0.15, 0.2) is 30.3 Å². The zero-order valence-electron chi connectivity index (χ0n) is 11.6. The van der Waals surface area contributed by atoms with Gasteiger partial charge in [-0.25, -0.2) is 0 Å². The molecule has 0 spiro atoms. The van der Waals surface area contributed by atoms with E-state index in [1.165, 1.54) is 17.3 Å². The molecule has 0 heterocycles. The molecule has 2 heteroatoms.